The zero-order valence-corrected chi connectivity index (χ0v) is 26.5. The van der Waals surface area contributed by atoms with Crippen LogP contribution in [-0.2, 0) is 0 Å². The third-order valence-electron chi connectivity index (χ3n) is 8.63. The molecule has 0 bridgehead atoms. The molecule has 3 aromatic heterocycles. The lowest BCUT2D eigenvalue weighted by molar-refractivity contribution is 0.988. The lowest BCUT2D eigenvalue weighted by atomic mass is 9.98. The number of fused-ring (bicyclic) bond motifs is 10. The number of thioether (sulfide) groups is 1. The number of hydrogen-bond acceptors (Lipinski definition) is 4. The minimum absolute atomic E-state index is 0.657. The Morgan fingerprint density at radius 3 is 2.07 bits per heavy atom. The van der Waals surface area contributed by atoms with Gasteiger partial charge in [-0.05, 0) is 23.8 Å². The van der Waals surface area contributed by atoms with Crippen molar-refractivity contribution >= 4 is 70.6 Å². The average Bonchev–Trinajstić information content (AvgIpc) is 3.68. The van der Waals surface area contributed by atoms with Crippen LogP contribution in [0.4, 0.5) is 0 Å². The Morgan fingerprint density at radius 1 is 0.674 bits per heavy atom. The van der Waals surface area contributed by atoms with Crippen LogP contribution in [0.5, 0.6) is 0 Å². The van der Waals surface area contributed by atoms with Gasteiger partial charge in [-0.1, -0.05) is 128 Å². The molecule has 4 heterocycles. The smallest absolute Gasteiger partial charge is 0.235 e. The molecular weight excluding hydrogens is 599 g/mol. The normalized spacial score (nSPS) is 14.7. The molecule has 9 rings (SSSR count). The average molecular weight is 626 g/mol. The van der Waals surface area contributed by atoms with Crippen LogP contribution < -0.4 is 0 Å². The van der Waals surface area contributed by atoms with E-state index in [1.54, 1.807) is 0 Å². The molecule has 0 saturated carbocycles. The van der Waals surface area contributed by atoms with E-state index in [1.165, 1.54) is 41.4 Å². The van der Waals surface area contributed by atoms with Crippen molar-refractivity contribution in [2.45, 2.75) is 4.90 Å². The molecule has 5 heteroatoms. The maximum atomic E-state index is 5.33. The summed E-state index contributed by atoms with van der Waals surface area (Å²) in [6, 6.07) is 40.4. The molecule has 0 fully saturated rings. The lowest BCUT2D eigenvalue weighted by Gasteiger charge is -2.16. The first kappa shape index (κ1) is 27.1. The van der Waals surface area contributed by atoms with E-state index in [2.05, 4.69) is 139 Å². The molecule has 0 spiro atoms. The second kappa shape index (κ2) is 11.0. The topological polar surface area (TPSA) is 30.7 Å². The van der Waals surface area contributed by atoms with E-state index >= 15 is 0 Å². The Kier molecular flexibility index (Phi) is 6.47. The van der Waals surface area contributed by atoms with Gasteiger partial charge in [0.1, 0.15) is 0 Å². The summed E-state index contributed by atoms with van der Waals surface area (Å²) in [4.78, 5) is 11.9. The van der Waals surface area contributed by atoms with Crippen LogP contribution in [0.25, 0.3) is 76.0 Å². The maximum Gasteiger partial charge on any atom is 0.235 e. The van der Waals surface area contributed by atoms with Crippen molar-refractivity contribution in [3.05, 3.63) is 152 Å². The zero-order chi connectivity index (χ0) is 30.6. The van der Waals surface area contributed by atoms with Crippen LogP contribution in [0.1, 0.15) is 5.56 Å². The summed E-state index contributed by atoms with van der Waals surface area (Å²) in [5.74, 6) is 1.50. The summed E-state index contributed by atoms with van der Waals surface area (Å²) in [6.45, 7) is 4.62. The van der Waals surface area contributed by atoms with Gasteiger partial charge in [-0.3, -0.25) is 4.57 Å². The molecule has 8 aromatic rings. The molecule has 0 amide bonds. The first-order valence-corrected chi connectivity index (χ1v) is 17.1. The number of hydrogen-bond donors (Lipinski definition) is 0. The Hall–Kier alpha value is -5.23. The van der Waals surface area contributed by atoms with E-state index < -0.39 is 0 Å². The summed E-state index contributed by atoms with van der Waals surface area (Å²) in [7, 11) is 0. The summed E-state index contributed by atoms with van der Waals surface area (Å²) in [5, 5.41) is 4.97. The molecule has 1 aliphatic rings. The van der Waals surface area contributed by atoms with Gasteiger partial charge in [0.25, 0.3) is 0 Å². The largest absolute Gasteiger partial charge is 0.277 e. The fraction of sp³-hybridized carbons (Fsp3) is 0.0244. The first-order chi connectivity index (χ1) is 22.8. The Labute approximate surface area is 274 Å². The van der Waals surface area contributed by atoms with Gasteiger partial charge in [0.05, 0.1) is 22.4 Å². The molecule has 0 atom stereocenters. The molecular formula is C41H27N3S2. The predicted octanol–water partition coefficient (Wildman–Crippen LogP) is 11.5. The van der Waals surface area contributed by atoms with E-state index in [1.807, 2.05) is 35.2 Å². The van der Waals surface area contributed by atoms with Crippen molar-refractivity contribution in [3.63, 3.8) is 0 Å². The molecule has 218 valence electrons. The van der Waals surface area contributed by atoms with Crippen molar-refractivity contribution < 1.29 is 0 Å². The molecule has 0 unspecified atom stereocenters. The Bertz CT molecular complexity index is 2480. The summed E-state index contributed by atoms with van der Waals surface area (Å²) in [5.41, 5.74) is 8.31. The van der Waals surface area contributed by atoms with E-state index in [0.717, 1.165) is 44.9 Å². The van der Waals surface area contributed by atoms with E-state index in [-0.39, 0.29) is 0 Å². The maximum absolute atomic E-state index is 5.33. The first-order valence-electron chi connectivity index (χ1n) is 15.3. The van der Waals surface area contributed by atoms with Gasteiger partial charge >= 0.3 is 0 Å². The molecule has 3 nitrogen and oxygen atoms in total. The Balaban J connectivity index is 1.49. The predicted molar refractivity (Wildman–Crippen MR) is 198 cm³/mol. The second-order valence-electron chi connectivity index (χ2n) is 11.4. The molecule has 0 saturated heterocycles. The van der Waals surface area contributed by atoms with Gasteiger partial charge in [0, 0.05) is 58.3 Å². The number of allylic oxidation sites excluding steroid dienone is 4. The number of para-hydroxylation sites is 1. The van der Waals surface area contributed by atoms with Gasteiger partial charge in [0.15, 0.2) is 0 Å². The number of rotatable bonds is 3. The van der Waals surface area contributed by atoms with Crippen LogP contribution >= 0.6 is 23.1 Å². The summed E-state index contributed by atoms with van der Waals surface area (Å²) in [6.07, 6.45) is 8.59. The second-order valence-corrected chi connectivity index (χ2v) is 13.5. The minimum atomic E-state index is 0.657. The van der Waals surface area contributed by atoms with Crippen LogP contribution in [0, 0.1) is 0 Å². The molecule has 5 aromatic carbocycles. The molecule has 46 heavy (non-hydrogen) atoms. The zero-order valence-electron chi connectivity index (χ0n) is 24.9. The highest BCUT2D eigenvalue weighted by atomic mass is 32.2. The number of nitrogens with zero attached hydrogens (tertiary/aromatic N) is 3. The highest BCUT2D eigenvalue weighted by Crippen LogP contribution is 2.51. The SMILES string of the molecule is C=C1/C=C\C=C/CSc2c1c1sc3ccccc3c1c1c3ccccc3n(-c3nc(-c4ccccc4)cc(-c4ccccc4)n3)c21. The molecule has 1 aliphatic heterocycles. The third kappa shape index (κ3) is 4.27. The lowest BCUT2D eigenvalue weighted by Crippen LogP contribution is -2.05. The van der Waals surface area contributed by atoms with Crippen molar-refractivity contribution in [2.75, 3.05) is 5.75 Å². The molecule has 0 N–H and O–H groups in total. The minimum Gasteiger partial charge on any atom is -0.277 e. The number of thiophene rings is 1. The third-order valence-corrected chi connectivity index (χ3v) is 10.9. The fourth-order valence-electron chi connectivity index (χ4n) is 6.61. The number of benzene rings is 5. The van der Waals surface area contributed by atoms with Gasteiger partial charge in [-0.2, -0.15) is 0 Å². The fourth-order valence-corrected chi connectivity index (χ4v) is 9.05. The quantitative estimate of drug-likeness (QED) is 0.196. The van der Waals surface area contributed by atoms with Gasteiger partial charge < -0.3 is 0 Å². The van der Waals surface area contributed by atoms with Crippen molar-refractivity contribution in [1.82, 2.24) is 14.5 Å². The monoisotopic (exact) mass is 625 g/mol. The van der Waals surface area contributed by atoms with E-state index in [0.29, 0.717) is 5.95 Å². The summed E-state index contributed by atoms with van der Waals surface area (Å²) < 4.78 is 4.86. The van der Waals surface area contributed by atoms with Gasteiger partial charge in [0.2, 0.25) is 5.95 Å². The Morgan fingerprint density at radius 2 is 1.33 bits per heavy atom. The number of aromatic nitrogens is 3. The molecule has 0 aliphatic carbocycles. The van der Waals surface area contributed by atoms with Crippen molar-refractivity contribution in [1.29, 1.82) is 0 Å². The highest BCUT2D eigenvalue weighted by molar-refractivity contribution is 7.99. The van der Waals surface area contributed by atoms with E-state index in [9.17, 15) is 0 Å². The van der Waals surface area contributed by atoms with Crippen LogP contribution in [-0.4, -0.2) is 20.3 Å². The van der Waals surface area contributed by atoms with Crippen LogP contribution in [0.15, 0.2) is 151 Å². The summed E-state index contributed by atoms with van der Waals surface area (Å²) >= 11 is 3.72. The van der Waals surface area contributed by atoms with E-state index in [4.69, 9.17) is 9.97 Å². The standard InChI is InChI=1S/C41H27N3S2/c1-26-15-5-4-14-24-45-40-35(26)39-37(30-21-11-13-23-34(30)46-39)36-29-20-10-12-22-33(29)44(38(36)40)41-42-31(27-16-6-2-7-17-27)25-32(43-41)28-18-8-3-9-19-28/h2-23,25H,1,24H2/b14-4-,15-5-. The van der Waals surface area contributed by atoms with Crippen LogP contribution in [0.3, 0.4) is 0 Å². The highest BCUT2D eigenvalue weighted by Gasteiger charge is 2.27. The van der Waals surface area contributed by atoms with Gasteiger partial charge in [-0.15, -0.1) is 23.1 Å². The van der Waals surface area contributed by atoms with Gasteiger partial charge in [-0.25, -0.2) is 9.97 Å². The molecule has 0 radical (unpaired) electrons. The van der Waals surface area contributed by atoms with Crippen molar-refractivity contribution in [2.24, 2.45) is 0 Å². The van der Waals surface area contributed by atoms with Crippen molar-refractivity contribution in [3.8, 4) is 28.5 Å². The van der Waals surface area contributed by atoms with Crippen LogP contribution in [0.2, 0.25) is 0 Å².